The minimum Gasteiger partial charge on any atom is -0.481 e. The van der Waals surface area contributed by atoms with Crippen LogP contribution in [0.15, 0.2) is 18.3 Å². The number of hydrogen-bond donors (Lipinski definition) is 2. The van der Waals surface area contributed by atoms with Gasteiger partial charge in [-0.2, -0.15) is 0 Å². The van der Waals surface area contributed by atoms with E-state index in [9.17, 15) is 9.59 Å². The van der Waals surface area contributed by atoms with Crippen molar-refractivity contribution in [2.45, 2.75) is 12.8 Å². The van der Waals surface area contributed by atoms with E-state index in [1.807, 2.05) is 6.07 Å². The minimum atomic E-state index is -0.757. The fraction of sp³-hybridized carbons (Fsp3) is 0.462. The number of hydrogen-bond acceptors (Lipinski definition) is 4. The molecule has 1 aliphatic rings. The summed E-state index contributed by atoms with van der Waals surface area (Å²) in [5.41, 5.74) is 1.29. The first kappa shape index (κ1) is 13.3. The van der Waals surface area contributed by atoms with Gasteiger partial charge >= 0.3 is 5.97 Å². The highest BCUT2D eigenvalue weighted by atomic mass is 16.4. The number of pyridine rings is 1. The van der Waals surface area contributed by atoms with E-state index in [0.29, 0.717) is 12.2 Å². The highest BCUT2D eigenvalue weighted by Gasteiger charge is 2.25. The molecule has 2 N–H and O–H groups in total. The molecule has 1 aromatic heterocycles. The van der Waals surface area contributed by atoms with Gasteiger partial charge in [-0.3, -0.25) is 14.6 Å². The summed E-state index contributed by atoms with van der Waals surface area (Å²) in [5.74, 6) is -0.801. The number of carbonyl (C=O) groups excluding carboxylic acids is 1. The summed E-state index contributed by atoms with van der Waals surface area (Å²) in [6.07, 6.45) is 2.66. The summed E-state index contributed by atoms with van der Waals surface area (Å²) >= 11 is 0. The maximum absolute atomic E-state index is 11.5. The van der Waals surface area contributed by atoms with Gasteiger partial charge in [-0.1, -0.05) is 0 Å². The smallest absolute Gasteiger partial charge is 0.303 e. The van der Waals surface area contributed by atoms with E-state index in [2.05, 4.69) is 15.2 Å². The van der Waals surface area contributed by atoms with E-state index in [4.69, 9.17) is 5.11 Å². The van der Waals surface area contributed by atoms with Gasteiger partial charge in [0.15, 0.2) is 0 Å². The van der Waals surface area contributed by atoms with Crippen molar-refractivity contribution in [1.29, 1.82) is 0 Å². The third-order valence-corrected chi connectivity index (χ3v) is 3.32. The molecule has 1 fully saturated rings. The van der Waals surface area contributed by atoms with Crippen LogP contribution in [0.1, 0.15) is 23.3 Å². The molecule has 0 radical (unpaired) electrons. The maximum atomic E-state index is 11.5. The Kier molecular flexibility index (Phi) is 3.99. The van der Waals surface area contributed by atoms with E-state index in [0.717, 1.165) is 18.7 Å². The molecule has 1 aliphatic heterocycles. The van der Waals surface area contributed by atoms with Crippen molar-refractivity contribution in [1.82, 2.24) is 10.3 Å². The van der Waals surface area contributed by atoms with Gasteiger partial charge in [0.2, 0.25) is 0 Å². The molecule has 0 saturated carbocycles. The number of carboxylic acids is 1. The van der Waals surface area contributed by atoms with Gasteiger partial charge in [0.1, 0.15) is 5.69 Å². The first-order valence-corrected chi connectivity index (χ1v) is 6.25. The lowest BCUT2D eigenvalue weighted by Gasteiger charge is -2.18. The molecule has 1 saturated heterocycles. The van der Waals surface area contributed by atoms with Crippen LogP contribution in [-0.4, -0.2) is 42.1 Å². The number of aromatic nitrogens is 1. The number of carbonyl (C=O) groups is 2. The molecule has 0 spiro atoms. The Balaban J connectivity index is 2.07. The average Bonchev–Trinajstić information content (AvgIpc) is 2.85. The average molecular weight is 263 g/mol. The van der Waals surface area contributed by atoms with Gasteiger partial charge in [0.05, 0.1) is 0 Å². The van der Waals surface area contributed by atoms with Gasteiger partial charge in [-0.05, 0) is 24.5 Å². The standard InChI is InChI=1S/C13H17N3O3/c1-14-13(19)11-7-10(2-4-15-11)16-5-3-9(8-16)6-12(17)18/h2,4,7,9H,3,5-6,8H2,1H3,(H,14,19)(H,17,18). The number of nitrogens with zero attached hydrogens (tertiary/aromatic N) is 2. The number of aliphatic carboxylic acids is 1. The van der Waals surface area contributed by atoms with Crippen molar-refractivity contribution in [3.63, 3.8) is 0 Å². The molecule has 2 heterocycles. The Morgan fingerprint density at radius 1 is 1.58 bits per heavy atom. The molecule has 0 aromatic carbocycles. The van der Waals surface area contributed by atoms with E-state index >= 15 is 0 Å². The lowest BCUT2D eigenvalue weighted by atomic mass is 10.1. The molecule has 6 heteroatoms. The molecule has 102 valence electrons. The van der Waals surface area contributed by atoms with Gasteiger partial charge < -0.3 is 15.3 Å². The third kappa shape index (κ3) is 3.21. The molecular formula is C13H17N3O3. The first-order chi connectivity index (χ1) is 9.10. The Hall–Kier alpha value is -2.11. The van der Waals surface area contributed by atoms with Crippen LogP contribution < -0.4 is 10.2 Å². The normalized spacial score (nSPS) is 18.4. The van der Waals surface area contributed by atoms with Crippen molar-refractivity contribution in [2.75, 3.05) is 25.0 Å². The van der Waals surface area contributed by atoms with Gasteiger partial charge in [0, 0.05) is 38.4 Å². The summed E-state index contributed by atoms with van der Waals surface area (Å²) in [4.78, 5) is 28.3. The quantitative estimate of drug-likeness (QED) is 0.837. The summed E-state index contributed by atoms with van der Waals surface area (Å²) in [6, 6.07) is 3.58. The van der Waals surface area contributed by atoms with Crippen LogP contribution in [-0.2, 0) is 4.79 Å². The summed E-state index contributed by atoms with van der Waals surface area (Å²) in [7, 11) is 1.56. The maximum Gasteiger partial charge on any atom is 0.303 e. The van der Waals surface area contributed by atoms with Crippen molar-refractivity contribution < 1.29 is 14.7 Å². The Morgan fingerprint density at radius 3 is 3.05 bits per heavy atom. The van der Waals surface area contributed by atoms with Crippen molar-refractivity contribution >= 4 is 17.6 Å². The zero-order valence-corrected chi connectivity index (χ0v) is 10.8. The summed E-state index contributed by atoms with van der Waals surface area (Å²) in [6.45, 7) is 1.53. The molecule has 1 aromatic rings. The van der Waals surface area contributed by atoms with Crippen molar-refractivity contribution in [2.24, 2.45) is 5.92 Å². The lowest BCUT2D eigenvalue weighted by Crippen LogP contribution is -2.23. The zero-order valence-electron chi connectivity index (χ0n) is 10.8. The van der Waals surface area contributed by atoms with Crippen molar-refractivity contribution in [3.05, 3.63) is 24.0 Å². The molecular weight excluding hydrogens is 246 g/mol. The Labute approximate surface area is 111 Å². The molecule has 1 amide bonds. The number of carboxylic acid groups (broad SMARTS) is 1. The number of nitrogens with one attached hydrogen (secondary N) is 1. The van der Waals surface area contributed by atoms with Crippen LogP contribution in [0.3, 0.4) is 0 Å². The molecule has 1 atom stereocenters. The number of rotatable bonds is 4. The van der Waals surface area contributed by atoms with Crippen LogP contribution >= 0.6 is 0 Å². The monoisotopic (exact) mass is 263 g/mol. The molecule has 1 unspecified atom stereocenters. The van der Waals surface area contributed by atoms with Crippen LogP contribution in [0.4, 0.5) is 5.69 Å². The van der Waals surface area contributed by atoms with Gasteiger partial charge in [-0.25, -0.2) is 0 Å². The SMILES string of the molecule is CNC(=O)c1cc(N2CCC(CC(=O)O)C2)ccn1. The molecule has 0 aliphatic carbocycles. The predicted molar refractivity (Wildman–Crippen MR) is 70.2 cm³/mol. The van der Waals surface area contributed by atoms with E-state index < -0.39 is 5.97 Å². The van der Waals surface area contributed by atoms with Crippen LogP contribution in [0.2, 0.25) is 0 Å². The topological polar surface area (TPSA) is 82.5 Å². The minimum absolute atomic E-state index is 0.175. The highest BCUT2D eigenvalue weighted by Crippen LogP contribution is 2.25. The van der Waals surface area contributed by atoms with E-state index in [1.165, 1.54) is 0 Å². The third-order valence-electron chi connectivity index (χ3n) is 3.32. The zero-order chi connectivity index (χ0) is 13.8. The van der Waals surface area contributed by atoms with E-state index in [-0.39, 0.29) is 18.2 Å². The fourth-order valence-electron chi connectivity index (χ4n) is 2.35. The fourth-order valence-corrected chi connectivity index (χ4v) is 2.35. The van der Waals surface area contributed by atoms with Crippen LogP contribution in [0.25, 0.3) is 0 Å². The summed E-state index contributed by atoms with van der Waals surface area (Å²) < 4.78 is 0. The van der Waals surface area contributed by atoms with Crippen LogP contribution in [0.5, 0.6) is 0 Å². The van der Waals surface area contributed by atoms with E-state index in [1.54, 1.807) is 19.3 Å². The Morgan fingerprint density at radius 2 is 2.37 bits per heavy atom. The van der Waals surface area contributed by atoms with Gasteiger partial charge in [-0.15, -0.1) is 0 Å². The second kappa shape index (κ2) is 5.69. The largest absolute Gasteiger partial charge is 0.481 e. The number of amides is 1. The summed E-state index contributed by atoms with van der Waals surface area (Å²) in [5, 5.41) is 11.3. The molecule has 6 nitrogen and oxygen atoms in total. The van der Waals surface area contributed by atoms with Gasteiger partial charge in [0.25, 0.3) is 5.91 Å². The highest BCUT2D eigenvalue weighted by molar-refractivity contribution is 5.92. The van der Waals surface area contributed by atoms with Crippen LogP contribution in [0, 0.1) is 5.92 Å². The lowest BCUT2D eigenvalue weighted by molar-refractivity contribution is -0.137. The Bertz CT molecular complexity index is 490. The second-order valence-corrected chi connectivity index (χ2v) is 4.68. The first-order valence-electron chi connectivity index (χ1n) is 6.25. The molecule has 0 bridgehead atoms. The molecule has 19 heavy (non-hydrogen) atoms. The number of anilines is 1. The predicted octanol–water partition coefficient (Wildman–Crippen LogP) is 0.742. The molecule has 2 rings (SSSR count). The van der Waals surface area contributed by atoms with Crippen molar-refractivity contribution in [3.8, 4) is 0 Å². The second-order valence-electron chi connectivity index (χ2n) is 4.68.